The van der Waals surface area contributed by atoms with Crippen molar-refractivity contribution >= 4 is 17.4 Å². The number of ketones is 1. The summed E-state index contributed by atoms with van der Waals surface area (Å²) in [5.74, 6) is -0.754. The Kier molecular flexibility index (Phi) is 8.90. The minimum Gasteiger partial charge on any atom is -0.507 e. The quantitative estimate of drug-likeness (QED) is 0.123. The summed E-state index contributed by atoms with van der Waals surface area (Å²) in [4.78, 5) is 28.3. The van der Waals surface area contributed by atoms with Crippen molar-refractivity contribution in [1.29, 1.82) is 0 Å². The molecule has 1 heterocycles. The molecule has 1 amide bonds. The number of carbonyl (C=O) groups excluding carboxylic acids is 2. The number of ether oxygens (including phenoxy) is 2. The second-order valence-electron chi connectivity index (χ2n) is 10.9. The molecule has 7 heteroatoms. The van der Waals surface area contributed by atoms with E-state index < -0.39 is 17.7 Å². The van der Waals surface area contributed by atoms with Crippen LogP contribution in [0.5, 0.6) is 11.5 Å². The van der Waals surface area contributed by atoms with Gasteiger partial charge in [-0.25, -0.2) is 4.39 Å². The predicted octanol–water partition coefficient (Wildman–Crippen LogP) is 7.16. The summed E-state index contributed by atoms with van der Waals surface area (Å²) in [5, 5.41) is 11.5. The average molecular weight is 580 g/mol. The summed E-state index contributed by atoms with van der Waals surface area (Å²) in [6.07, 6.45) is 0.389. The lowest BCUT2D eigenvalue weighted by Gasteiger charge is -2.26. The van der Waals surface area contributed by atoms with E-state index in [0.717, 1.165) is 16.7 Å². The van der Waals surface area contributed by atoms with Crippen LogP contribution in [0.4, 0.5) is 4.39 Å². The fourth-order valence-corrected chi connectivity index (χ4v) is 5.21. The molecule has 4 aromatic carbocycles. The monoisotopic (exact) mass is 579 g/mol. The van der Waals surface area contributed by atoms with Gasteiger partial charge in [0.15, 0.2) is 0 Å². The number of hydrogen-bond acceptors (Lipinski definition) is 5. The molecule has 0 bridgehead atoms. The standard InChI is InChI=1S/C36H34FNO5/c1-23(2)43-30-16-11-27(12-17-30)33-32(35(40)36(41)38(33)20-19-25-9-14-29(37)15-10-25)34(39)28-13-18-31(24(3)21-28)42-22-26-7-5-4-6-8-26/h4-18,21,23,33,39H,19-20,22H2,1-3H3/b34-32-. The molecule has 1 aliphatic rings. The van der Waals surface area contributed by atoms with Crippen molar-refractivity contribution in [2.24, 2.45) is 0 Å². The molecule has 1 aliphatic heterocycles. The zero-order chi connectivity index (χ0) is 30.5. The summed E-state index contributed by atoms with van der Waals surface area (Å²) in [5.41, 5.74) is 3.71. The van der Waals surface area contributed by atoms with Crippen LogP contribution >= 0.6 is 0 Å². The third-order valence-corrected chi connectivity index (χ3v) is 7.35. The summed E-state index contributed by atoms with van der Waals surface area (Å²) in [7, 11) is 0. The Morgan fingerprint density at radius 2 is 1.60 bits per heavy atom. The Morgan fingerprint density at radius 1 is 0.907 bits per heavy atom. The lowest BCUT2D eigenvalue weighted by molar-refractivity contribution is -0.139. The molecule has 6 nitrogen and oxygen atoms in total. The maximum Gasteiger partial charge on any atom is 0.295 e. The zero-order valence-electron chi connectivity index (χ0n) is 24.4. The van der Waals surface area contributed by atoms with Crippen molar-refractivity contribution in [1.82, 2.24) is 4.90 Å². The molecule has 1 fully saturated rings. The predicted molar refractivity (Wildman–Crippen MR) is 163 cm³/mol. The fourth-order valence-electron chi connectivity index (χ4n) is 5.21. The number of carbonyl (C=O) groups is 2. The van der Waals surface area contributed by atoms with Crippen molar-refractivity contribution in [3.63, 3.8) is 0 Å². The summed E-state index contributed by atoms with van der Waals surface area (Å²) >= 11 is 0. The Balaban J connectivity index is 1.48. The molecule has 43 heavy (non-hydrogen) atoms. The van der Waals surface area contributed by atoms with Gasteiger partial charge in [0.2, 0.25) is 0 Å². The van der Waals surface area contributed by atoms with Crippen molar-refractivity contribution < 1.29 is 28.6 Å². The molecule has 220 valence electrons. The lowest BCUT2D eigenvalue weighted by Crippen LogP contribution is -2.31. The number of amides is 1. The molecule has 1 N–H and O–H groups in total. The van der Waals surface area contributed by atoms with Gasteiger partial charge >= 0.3 is 0 Å². The third kappa shape index (κ3) is 6.78. The van der Waals surface area contributed by atoms with Gasteiger partial charge in [0.1, 0.15) is 29.7 Å². The van der Waals surface area contributed by atoms with Crippen LogP contribution in [0.1, 0.15) is 47.7 Å². The van der Waals surface area contributed by atoms with Crippen LogP contribution in [0.3, 0.4) is 0 Å². The van der Waals surface area contributed by atoms with Gasteiger partial charge in [0.05, 0.1) is 17.7 Å². The largest absolute Gasteiger partial charge is 0.507 e. The Hall–Kier alpha value is -4.91. The molecule has 1 atom stereocenters. The zero-order valence-corrected chi connectivity index (χ0v) is 24.4. The number of benzene rings is 4. The Morgan fingerprint density at radius 3 is 2.26 bits per heavy atom. The van der Waals surface area contributed by atoms with Crippen LogP contribution in [0.25, 0.3) is 5.76 Å². The number of halogens is 1. The minimum atomic E-state index is -0.817. The molecule has 0 aliphatic carbocycles. The third-order valence-electron chi connectivity index (χ3n) is 7.35. The SMILES string of the molecule is Cc1cc(/C(O)=C2/C(=O)C(=O)N(CCc3ccc(F)cc3)C2c2ccc(OC(C)C)cc2)ccc1OCc1ccccc1. The number of Topliss-reactive ketones (excluding diaryl/α,β-unsaturated/α-hetero) is 1. The van der Waals surface area contributed by atoms with Gasteiger partial charge < -0.3 is 19.5 Å². The molecule has 5 rings (SSSR count). The van der Waals surface area contributed by atoms with Crippen molar-refractivity contribution in [3.8, 4) is 11.5 Å². The highest BCUT2D eigenvalue weighted by atomic mass is 19.1. The molecule has 0 spiro atoms. The van der Waals surface area contributed by atoms with E-state index in [9.17, 15) is 19.1 Å². The van der Waals surface area contributed by atoms with E-state index in [4.69, 9.17) is 9.47 Å². The maximum absolute atomic E-state index is 13.5. The van der Waals surface area contributed by atoms with Crippen LogP contribution in [-0.4, -0.2) is 34.3 Å². The highest BCUT2D eigenvalue weighted by molar-refractivity contribution is 6.46. The second-order valence-corrected chi connectivity index (χ2v) is 10.9. The molecule has 0 radical (unpaired) electrons. The van der Waals surface area contributed by atoms with E-state index in [0.29, 0.717) is 35.7 Å². The van der Waals surface area contributed by atoms with Gasteiger partial charge in [-0.1, -0.05) is 54.6 Å². The van der Waals surface area contributed by atoms with E-state index in [-0.39, 0.29) is 29.8 Å². The van der Waals surface area contributed by atoms with Crippen LogP contribution in [0.15, 0.2) is 103 Å². The van der Waals surface area contributed by atoms with E-state index in [1.165, 1.54) is 17.0 Å². The van der Waals surface area contributed by atoms with Gasteiger partial charge in [-0.3, -0.25) is 9.59 Å². The first-order valence-corrected chi connectivity index (χ1v) is 14.3. The summed E-state index contributed by atoms with van der Waals surface area (Å²) in [6, 6.07) is 27.4. The molecular formula is C36H34FNO5. The van der Waals surface area contributed by atoms with E-state index in [1.807, 2.05) is 51.1 Å². The summed E-state index contributed by atoms with van der Waals surface area (Å²) < 4.78 is 25.2. The van der Waals surface area contributed by atoms with Gasteiger partial charge in [-0.05, 0) is 91.9 Å². The van der Waals surface area contributed by atoms with Crippen molar-refractivity contribution in [2.75, 3.05) is 6.54 Å². The van der Waals surface area contributed by atoms with Gasteiger partial charge in [0.25, 0.3) is 11.7 Å². The number of hydrogen-bond donors (Lipinski definition) is 1. The van der Waals surface area contributed by atoms with Gasteiger partial charge in [-0.15, -0.1) is 0 Å². The first-order valence-electron chi connectivity index (χ1n) is 14.3. The molecular weight excluding hydrogens is 545 g/mol. The summed E-state index contributed by atoms with van der Waals surface area (Å²) in [6.45, 7) is 6.32. The molecule has 1 unspecified atom stereocenters. The highest BCUT2D eigenvalue weighted by Gasteiger charge is 2.45. The first kappa shape index (κ1) is 29.6. The lowest BCUT2D eigenvalue weighted by atomic mass is 9.94. The average Bonchev–Trinajstić information content (AvgIpc) is 3.25. The number of likely N-dealkylation sites (tertiary alicyclic amines) is 1. The van der Waals surface area contributed by atoms with Crippen molar-refractivity contribution in [2.45, 2.75) is 45.9 Å². The number of aliphatic hydroxyl groups excluding tert-OH is 1. The fraction of sp³-hybridized carbons (Fsp3) is 0.222. The molecule has 1 saturated heterocycles. The van der Waals surface area contributed by atoms with Crippen molar-refractivity contribution in [3.05, 3.63) is 136 Å². The van der Waals surface area contributed by atoms with Crippen LogP contribution in [0.2, 0.25) is 0 Å². The van der Waals surface area contributed by atoms with Gasteiger partial charge in [-0.2, -0.15) is 0 Å². The minimum absolute atomic E-state index is 0.0130. The smallest absolute Gasteiger partial charge is 0.295 e. The Bertz CT molecular complexity index is 1630. The molecule has 0 aromatic heterocycles. The Labute approximate surface area is 251 Å². The molecule has 0 saturated carbocycles. The van der Waals surface area contributed by atoms with E-state index in [2.05, 4.69) is 0 Å². The van der Waals surface area contributed by atoms with E-state index >= 15 is 0 Å². The highest BCUT2D eigenvalue weighted by Crippen LogP contribution is 2.40. The first-order chi connectivity index (χ1) is 20.7. The number of aliphatic hydroxyl groups is 1. The molecule has 4 aromatic rings. The number of aryl methyl sites for hydroxylation is 1. The normalized spacial score (nSPS) is 16.1. The van der Waals surface area contributed by atoms with E-state index in [1.54, 1.807) is 54.6 Å². The van der Waals surface area contributed by atoms with Crippen LogP contribution in [-0.2, 0) is 22.6 Å². The number of rotatable bonds is 10. The second kappa shape index (κ2) is 12.9. The van der Waals surface area contributed by atoms with Crippen LogP contribution < -0.4 is 9.47 Å². The number of nitrogens with zero attached hydrogens (tertiary/aromatic N) is 1. The topological polar surface area (TPSA) is 76.1 Å². The van der Waals surface area contributed by atoms with Gasteiger partial charge in [0, 0.05) is 12.1 Å². The van der Waals surface area contributed by atoms with Crippen LogP contribution in [0, 0.1) is 12.7 Å². The maximum atomic E-state index is 13.5.